The third-order valence-corrected chi connectivity index (χ3v) is 5.67. The normalized spacial score (nSPS) is 29.6. The van der Waals surface area contributed by atoms with Crippen LogP contribution in [0, 0.1) is 0 Å². The largest absolute Gasteiger partial charge is 0.266 e. The minimum Gasteiger partial charge on any atom is -0.266 e. The average molecular weight is 238 g/mol. The van der Waals surface area contributed by atoms with Gasteiger partial charge in [-0.15, -0.1) is 0 Å². The lowest BCUT2D eigenvalue weighted by Gasteiger charge is -2.11. The average Bonchev–Trinajstić information content (AvgIpc) is 2.52. The van der Waals surface area contributed by atoms with Crippen molar-refractivity contribution in [2.24, 2.45) is 10.1 Å². The zero-order valence-corrected chi connectivity index (χ0v) is 10.1. The Balaban J connectivity index is 2.33. The van der Waals surface area contributed by atoms with Crippen LogP contribution in [-0.4, -0.2) is 30.8 Å². The molecule has 0 saturated heterocycles. The molecule has 1 aliphatic heterocycles. The molecule has 2 atom stereocenters. The highest BCUT2D eigenvalue weighted by Crippen LogP contribution is 2.31. The van der Waals surface area contributed by atoms with Gasteiger partial charge in [-0.05, 0) is 12.2 Å². The van der Waals surface area contributed by atoms with E-state index in [9.17, 15) is 8.42 Å². The van der Waals surface area contributed by atoms with Crippen molar-refractivity contribution in [3.05, 3.63) is 0 Å². The number of aliphatic imine (C=N–C) groups is 1. The molecule has 4 nitrogen and oxygen atoms in total. The summed E-state index contributed by atoms with van der Waals surface area (Å²) in [7, 11) is -3.76. The minimum atomic E-state index is -3.45. The molecular formula is C8H18N2O2S2. The number of nitrogens with two attached hydrogens (primary N) is 1. The molecular weight excluding hydrogens is 220 g/mol. The molecule has 1 rings (SSSR count). The minimum absolute atomic E-state index is 0.311. The van der Waals surface area contributed by atoms with Gasteiger partial charge in [-0.25, -0.2) is 24.5 Å². The number of hydrogen-bond donors (Lipinski definition) is 2. The van der Waals surface area contributed by atoms with E-state index in [4.69, 9.17) is 5.14 Å². The molecule has 1 aliphatic rings. The van der Waals surface area contributed by atoms with Crippen molar-refractivity contribution in [2.45, 2.75) is 31.6 Å². The zero-order valence-electron chi connectivity index (χ0n) is 8.39. The molecule has 14 heavy (non-hydrogen) atoms. The van der Waals surface area contributed by atoms with Crippen LogP contribution in [0.4, 0.5) is 0 Å². The first-order valence-corrected chi connectivity index (χ1v) is 8.22. The Morgan fingerprint density at radius 2 is 2.29 bits per heavy atom. The van der Waals surface area contributed by atoms with Crippen molar-refractivity contribution in [2.75, 3.05) is 11.5 Å². The fourth-order valence-electron chi connectivity index (χ4n) is 1.37. The van der Waals surface area contributed by atoms with E-state index in [1.54, 1.807) is 0 Å². The van der Waals surface area contributed by atoms with Crippen molar-refractivity contribution < 1.29 is 8.42 Å². The number of nitrogens with zero attached hydrogens (tertiary/aromatic N) is 1. The first-order chi connectivity index (χ1) is 6.54. The Hall–Kier alpha value is -0.0700. The van der Waals surface area contributed by atoms with Gasteiger partial charge in [0.05, 0.1) is 0 Å². The summed E-state index contributed by atoms with van der Waals surface area (Å²) in [5.41, 5.74) is 1.82. The number of rotatable bonds is 5. The lowest BCUT2D eigenvalue weighted by molar-refractivity contribution is 0.588. The molecule has 0 radical (unpaired) electrons. The Kier molecular flexibility index (Phi) is 4.40. The van der Waals surface area contributed by atoms with Crippen molar-refractivity contribution >= 4 is 26.5 Å². The van der Waals surface area contributed by atoms with Crippen LogP contribution >= 0.6 is 10.9 Å². The van der Waals surface area contributed by atoms with Crippen molar-refractivity contribution in [3.63, 3.8) is 0 Å². The van der Waals surface area contributed by atoms with Crippen LogP contribution in [-0.2, 0) is 10.0 Å². The van der Waals surface area contributed by atoms with E-state index in [2.05, 4.69) is 11.9 Å². The van der Waals surface area contributed by atoms with E-state index in [0.29, 0.717) is 5.75 Å². The zero-order chi connectivity index (χ0) is 10.6. The summed E-state index contributed by atoms with van der Waals surface area (Å²) in [4.78, 5) is 3.96. The van der Waals surface area contributed by atoms with Crippen molar-refractivity contribution in [1.82, 2.24) is 0 Å². The Morgan fingerprint density at radius 3 is 2.79 bits per heavy atom. The SMILES string of the molecule is CCCCC[SH]1C=NC(S(N)(=O)=O)C1. The van der Waals surface area contributed by atoms with Crippen LogP contribution in [0.25, 0.3) is 0 Å². The van der Waals surface area contributed by atoms with Gasteiger partial charge >= 0.3 is 0 Å². The third kappa shape index (κ3) is 3.59. The van der Waals surface area contributed by atoms with Gasteiger partial charge in [0, 0.05) is 11.3 Å². The van der Waals surface area contributed by atoms with E-state index in [1.807, 2.05) is 5.55 Å². The van der Waals surface area contributed by atoms with Crippen LogP contribution in [0.1, 0.15) is 26.2 Å². The summed E-state index contributed by atoms with van der Waals surface area (Å²) in [6.07, 6.45) is 3.58. The van der Waals surface area contributed by atoms with Gasteiger partial charge < -0.3 is 0 Å². The molecule has 0 fully saturated rings. The molecule has 0 bridgehead atoms. The number of thiol groups is 1. The maximum absolute atomic E-state index is 11.0. The molecule has 0 aromatic heterocycles. The van der Waals surface area contributed by atoms with Gasteiger partial charge in [0.25, 0.3) is 0 Å². The van der Waals surface area contributed by atoms with Gasteiger partial charge in [-0.1, -0.05) is 19.8 Å². The third-order valence-electron chi connectivity index (χ3n) is 2.22. The standard InChI is InChI=1S/C8H18N2O2S2/c1-2-3-4-5-13-6-8(10-7-13)14(9,11)12/h7-8,13H,2-6H2,1H3,(H2,9,11,12). The van der Waals surface area contributed by atoms with Crippen LogP contribution in [0.2, 0.25) is 0 Å². The Morgan fingerprint density at radius 1 is 1.57 bits per heavy atom. The number of primary sulfonamides is 1. The van der Waals surface area contributed by atoms with Crippen LogP contribution in [0.15, 0.2) is 4.99 Å². The van der Waals surface area contributed by atoms with Gasteiger partial charge in [0.2, 0.25) is 10.0 Å². The lowest BCUT2D eigenvalue weighted by Crippen LogP contribution is -2.27. The second-order valence-electron chi connectivity index (χ2n) is 3.51. The van der Waals surface area contributed by atoms with Gasteiger partial charge in [0.1, 0.15) is 0 Å². The van der Waals surface area contributed by atoms with E-state index in [1.165, 1.54) is 19.3 Å². The summed E-state index contributed by atoms with van der Waals surface area (Å²) >= 11 is 0. The van der Waals surface area contributed by atoms with Crippen LogP contribution in [0.3, 0.4) is 0 Å². The molecule has 0 amide bonds. The summed E-state index contributed by atoms with van der Waals surface area (Å²) < 4.78 is 22.0. The maximum atomic E-state index is 11.0. The Bertz CT molecular complexity index is 300. The summed E-state index contributed by atoms with van der Waals surface area (Å²) in [6, 6.07) is 0. The second-order valence-corrected chi connectivity index (χ2v) is 7.45. The smallest absolute Gasteiger partial charge is 0.233 e. The van der Waals surface area contributed by atoms with Crippen LogP contribution in [0.5, 0.6) is 0 Å². The Labute approximate surface area is 88.4 Å². The molecule has 2 unspecified atom stereocenters. The van der Waals surface area contributed by atoms with Crippen molar-refractivity contribution in [3.8, 4) is 0 Å². The molecule has 0 saturated carbocycles. The highest BCUT2D eigenvalue weighted by molar-refractivity contribution is 8.29. The summed E-state index contributed by atoms with van der Waals surface area (Å²) in [5.74, 6) is 1.73. The highest BCUT2D eigenvalue weighted by Gasteiger charge is 2.26. The molecule has 1 heterocycles. The number of sulfonamides is 1. The van der Waals surface area contributed by atoms with Gasteiger partial charge in [-0.3, -0.25) is 4.99 Å². The second kappa shape index (κ2) is 5.14. The number of unbranched alkanes of at least 4 members (excludes halogenated alkanes) is 2. The molecule has 0 aromatic rings. The predicted molar refractivity (Wildman–Crippen MR) is 63.6 cm³/mol. The summed E-state index contributed by atoms with van der Waals surface area (Å²) in [6.45, 7) is 2.16. The fraction of sp³-hybridized carbons (Fsp3) is 0.875. The quantitative estimate of drug-likeness (QED) is 0.550. The molecule has 0 aromatic carbocycles. The topological polar surface area (TPSA) is 72.5 Å². The van der Waals surface area contributed by atoms with Crippen LogP contribution < -0.4 is 5.14 Å². The molecule has 0 aliphatic carbocycles. The first-order valence-electron chi connectivity index (χ1n) is 4.83. The number of hydrogen-bond acceptors (Lipinski definition) is 3. The molecule has 0 spiro atoms. The van der Waals surface area contributed by atoms with E-state index < -0.39 is 15.4 Å². The lowest BCUT2D eigenvalue weighted by atomic mass is 10.3. The predicted octanol–water partition coefficient (Wildman–Crippen LogP) is 0.834. The molecule has 84 valence electrons. The molecule has 6 heteroatoms. The van der Waals surface area contributed by atoms with E-state index in [0.717, 1.165) is 5.75 Å². The maximum Gasteiger partial charge on any atom is 0.233 e. The van der Waals surface area contributed by atoms with Gasteiger partial charge in [0.15, 0.2) is 5.37 Å². The highest BCUT2D eigenvalue weighted by atomic mass is 32.2. The monoisotopic (exact) mass is 238 g/mol. The fourth-order valence-corrected chi connectivity index (χ4v) is 4.96. The van der Waals surface area contributed by atoms with Crippen molar-refractivity contribution in [1.29, 1.82) is 0 Å². The van der Waals surface area contributed by atoms with E-state index >= 15 is 0 Å². The summed E-state index contributed by atoms with van der Waals surface area (Å²) in [5, 5.41) is 4.37. The first kappa shape index (κ1) is 12.0. The van der Waals surface area contributed by atoms with Gasteiger partial charge in [-0.2, -0.15) is 0 Å². The molecule has 2 N–H and O–H groups in total. The van der Waals surface area contributed by atoms with E-state index in [-0.39, 0.29) is 10.9 Å².